The van der Waals surface area contributed by atoms with Crippen molar-refractivity contribution in [2.24, 2.45) is 23.5 Å². The van der Waals surface area contributed by atoms with Gasteiger partial charge in [-0.15, -0.1) is 0 Å². The molecule has 1 aliphatic rings. The fourth-order valence-corrected chi connectivity index (χ4v) is 4.22. The molecule has 0 saturated heterocycles. The highest BCUT2D eigenvalue weighted by Crippen LogP contribution is 2.54. The molecule has 0 amide bonds. The quantitative estimate of drug-likeness (QED) is 0.640. The largest absolute Gasteiger partial charge is 0.325 e. The van der Waals surface area contributed by atoms with Gasteiger partial charge in [-0.1, -0.05) is 66.2 Å². The van der Waals surface area contributed by atoms with Gasteiger partial charge in [0.2, 0.25) is 0 Å². The van der Waals surface area contributed by atoms with E-state index in [2.05, 4.69) is 27.7 Å². The van der Waals surface area contributed by atoms with Crippen LogP contribution < -0.4 is 5.73 Å². The van der Waals surface area contributed by atoms with E-state index < -0.39 is 0 Å². The topological polar surface area (TPSA) is 26.0 Å². The molecule has 4 atom stereocenters. The second kappa shape index (κ2) is 6.05. The molecule has 2 unspecified atom stereocenters. The van der Waals surface area contributed by atoms with E-state index in [1.165, 1.54) is 44.9 Å². The van der Waals surface area contributed by atoms with Crippen LogP contribution in [0.3, 0.4) is 0 Å². The van der Waals surface area contributed by atoms with E-state index in [0.717, 1.165) is 17.8 Å². The summed E-state index contributed by atoms with van der Waals surface area (Å²) >= 11 is 0. The molecule has 0 aromatic carbocycles. The average Bonchev–Trinajstić information content (AvgIpc) is 2.27. The predicted molar refractivity (Wildman–Crippen MR) is 72.4 cm³/mol. The number of hydrogen-bond donors (Lipinski definition) is 1. The van der Waals surface area contributed by atoms with Crippen LogP contribution in [0.2, 0.25) is 0 Å². The number of hydrogen-bond acceptors (Lipinski definition) is 1. The Morgan fingerprint density at radius 2 is 1.44 bits per heavy atom. The number of unbranched alkanes of at least 4 members (excludes halogenated alkanes) is 2. The molecule has 1 nitrogen and oxygen atoms in total. The summed E-state index contributed by atoms with van der Waals surface area (Å²) in [6.07, 6.45) is 9.12. The second-order valence-corrected chi connectivity index (χ2v) is 5.67. The molecule has 0 aliphatic heterocycles. The third-order valence-electron chi connectivity index (χ3n) is 4.98. The Hall–Kier alpha value is -0.0400. The van der Waals surface area contributed by atoms with Crippen molar-refractivity contribution in [2.75, 3.05) is 0 Å². The van der Waals surface area contributed by atoms with Crippen molar-refractivity contribution in [3.05, 3.63) is 0 Å². The fraction of sp³-hybridized carbons (Fsp3) is 1.00. The van der Waals surface area contributed by atoms with Gasteiger partial charge in [-0.3, -0.25) is 0 Å². The molecule has 0 aromatic rings. The van der Waals surface area contributed by atoms with Gasteiger partial charge in [0.15, 0.2) is 0 Å². The highest BCUT2D eigenvalue weighted by Gasteiger charge is 2.55. The fourth-order valence-electron chi connectivity index (χ4n) is 4.22. The van der Waals surface area contributed by atoms with Gasteiger partial charge in [-0.05, 0) is 24.2 Å². The van der Waals surface area contributed by atoms with E-state index in [1.807, 2.05) is 0 Å². The zero-order chi connectivity index (χ0) is 12.2. The Bertz CT molecular complexity index is 188. The minimum Gasteiger partial charge on any atom is -0.325 e. The first-order valence-corrected chi connectivity index (χ1v) is 7.44. The predicted octanol–water partition coefficient (Wildman–Crippen LogP) is 4.36. The highest BCUT2D eigenvalue weighted by molar-refractivity contribution is 5.10. The summed E-state index contributed by atoms with van der Waals surface area (Å²) in [5.41, 5.74) is 6.90. The summed E-state index contributed by atoms with van der Waals surface area (Å²) in [5.74, 6) is 2.49. The lowest BCUT2D eigenvalue weighted by molar-refractivity contribution is -0.0639. The normalized spacial score (nSPS) is 38.4. The Labute approximate surface area is 102 Å². The first kappa shape index (κ1) is 14.0. The van der Waals surface area contributed by atoms with Gasteiger partial charge < -0.3 is 5.73 Å². The van der Waals surface area contributed by atoms with E-state index >= 15 is 0 Å². The molecule has 0 spiro atoms. The van der Waals surface area contributed by atoms with E-state index in [4.69, 9.17) is 5.73 Å². The maximum Gasteiger partial charge on any atom is 0.0216 e. The molecule has 1 saturated carbocycles. The van der Waals surface area contributed by atoms with Gasteiger partial charge in [-0.2, -0.15) is 0 Å². The van der Waals surface area contributed by atoms with Crippen molar-refractivity contribution in [1.82, 2.24) is 0 Å². The lowest BCUT2D eigenvalue weighted by atomic mass is 9.48. The number of nitrogens with two attached hydrogens (primary N) is 1. The van der Waals surface area contributed by atoms with Crippen LogP contribution in [0.4, 0.5) is 0 Å². The first-order chi connectivity index (χ1) is 7.65. The molecule has 1 rings (SSSR count). The van der Waals surface area contributed by atoms with Crippen LogP contribution in [0.5, 0.6) is 0 Å². The molecular weight excluding hydrogens is 194 g/mol. The van der Waals surface area contributed by atoms with Crippen molar-refractivity contribution < 1.29 is 0 Å². The highest BCUT2D eigenvalue weighted by atomic mass is 14.9. The molecule has 2 N–H and O–H groups in total. The summed E-state index contributed by atoms with van der Waals surface area (Å²) < 4.78 is 0. The summed E-state index contributed by atoms with van der Waals surface area (Å²) in [5, 5.41) is 0. The van der Waals surface area contributed by atoms with Gasteiger partial charge in [0.1, 0.15) is 0 Å². The van der Waals surface area contributed by atoms with Gasteiger partial charge in [0, 0.05) is 5.54 Å². The molecule has 1 fully saturated rings. The Kier molecular flexibility index (Phi) is 5.30. The van der Waals surface area contributed by atoms with Crippen LogP contribution in [0, 0.1) is 17.8 Å². The van der Waals surface area contributed by atoms with Crippen molar-refractivity contribution in [3.63, 3.8) is 0 Å². The van der Waals surface area contributed by atoms with E-state index in [1.54, 1.807) is 0 Å². The average molecular weight is 225 g/mol. The van der Waals surface area contributed by atoms with Crippen molar-refractivity contribution >= 4 is 0 Å². The first-order valence-electron chi connectivity index (χ1n) is 7.44. The third-order valence-corrected chi connectivity index (χ3v) is 4.98. The summed E-state index contributed by atoms with van der Waals surface area (Å²) in [7, 11) is 0. The number of rotatable bonds is 7. The molecule has 0 aromatic heterocycles. The maximum atomic E-state index is 6.72. The zero-order valence-corrected chi connectivity index (χ0v) is 11.8. The van der Waals surface area contributed by atoms with Gasteiger partial charge in [0.05, 0.1) is 0 Å². The maximum absolute atomic E-state index is 6.72. The van der Waals surface area contributed by atoms with Crippen LogP contribution in [-0.4, -0.2) is 5.54 Å². The van der Waals surface area contributed by atoms with Gasteiger partial charge in [0.25, 0.3) is 0 Å². The van der Waals surface area contributed by atoms with Gasteiger partial charge >= 0.3 is 0 Å². The van der Waals surface area contributed by atoms with Crippen LogP contribution in [0.25, 0.3) is 0 Å². The summed E-state index contributed by atoms with van der Waals surface area (Å²) in [4.78, 5) is 0. The Balaban J connectivity index is 2.60. The SMILES string of the molecule is CCCCC[C@@]1(N)C(CC)C(CC)[C@H]1CC. The Morgan fingerprint density at radius 3 is 1.81 bits per heavy atom. The van der Waals surface area contributed by atoms with Crippen LogP contribution in [0.1, 0.15) is 72.6 Å². The second-order valence-electron chi connectivity index (χ2n) is 5.67. The van der Waals surface area contributed by atoms with Crippen LogP contribution in [0.15, 0.2) is 0 Å². The molecule has 0 heterocycles. The van der Waals surface area contributed by atoms with Crippen molar-refractivity contribution in [1.29, 1.82) is 0 Å². The molecule has 96 valence electrons. The lowest BCUT2D eigenvalue weighted by Crippen LogP contribution is -2.67. The van der Waals surface area contributed by atoms with E-state index in [9.17, 15) is 0 Å². The summed E-state index contributed by atoms with van der Waals surface area (Å²) in [6, 6.07) is 0. The summed E-state index contributed by atoms with van der Waals surface area (Å²) in [6.45, 7) is 9.25. The monoisotopic (exact) mass is 225 g/mol. The molecule has 16 heavy (non-hydrogen) atoms. The zero-order valence-electron chi connectivity index (χ0n) is 11.8. The van der Waals surface area contributed by atoms with Crippen LogP contribution in [-0.2, 0) is 0 Å². The van der Waals surface area contributed by atoms with Crippen molar-refractivity contribution in [2.45, 2.75) is 78.2 Å². The smallest absolute Gasteiger partial charge is 0.0216 e. The lowest BCUT2D eigenvalue weighted by Gasteiger charge is -2.60. The molecule has 0 radical (unpaired) electrons. The Morgan fingerprint density at radius 1 is 0.875 bits per heavy atom. The van der Waals surface area contributed by atoms with Crippen LogP contribution >= 0.6 is 0 Å². The van der Waals surface area contributed by atoms with Crippen molar-refractivity contribution in [3.8, 4) is 0 Å². The van der Waals surface area contributed by atoms with E-state index in [-0.39, 0.29) is 5.54 Å². The van der Waals surface area contributed by atoms with Gasteiger partial charge in [-0.25, -0.2) is 0 Å². The van der Waals surface area contributed by atoms with E-state index in [0.29, 0.717) is 0 Å². The molecule has 1 aliphatic carbocycles. The molecular formula is C15H31N. The minimum absolute atomic E-state index is 0.180. The standard InChI is InChI=1S/C15H31N/c1-5-9-10-11-15(16)13(7-3)12(6-2)14(15)8-4/h12-14H,5-11,16H2,1-4H3/t12?,13-,14?,15+/m1/s1. The molecule has 1 heteroatoms. The third kappa shape index (κ3) is 2.30. The molecule has 0 bridgehead atoms. The minimum atomic E-state index is 0.180.